The minimum absolute atomic E-state index is 0.00154. The quantitative estimate of drug-likeness (QED) is 0.748. The lowest BCUT2D eigenvalue weighted by atomic mass is 9.72. The summed E-state index contributed by atoms with van der Waals surface area (Å²) in [5.74, 6) is 0. The second-order valence-corrected chi connectivity index (χ2v) is 6.94. The number of allylic oxidation sites excluding steroid dienone is 1. The highest BCUT2D eigenvalue weighted by Crippen LogP contribution is 2.36. The highest BCUT2D eigenvalue weighted by Gasteiger charge is 2.27. The van der Waals surface area contributed by atoms with Gasteiger partial charge in [-0.1, -0.05) is 52.8 Å². The topological polar surface area (TPSA) is 47.6 Å². The molecule has 103 valence electrons. The third-order valence-corrected chi connectivity index (χ3v) is 3.08. The molecule has 20 heavy (non-hydrogen) atoms. The van der Waals surface area contributed by atoms with Gasteiger partial charge in [0.05, 0.1) is 0 Å². The van der Waals surface area contributed by atoms with Gasteiger partial charge in [-0.05, 0) is 40.5 Å². The average molecular weight is 265 g/mol. The van der Waals surface area contributed by atoms with Crippen LogP contribution in [-0.4, -0.2) is 0 Å². The molecule has 1 aromatic rings. The molecule has 2 nitrogen and oxygen atoms in total. The molecule has 1 aromatic carbocycles. The number of nitrogens with zero attached hydrogens (tertiary/aromatic N) is 2. The highest BCUT2D eigenvalue weighted by atomic mass is 14.3. The Morgan fingerprint density at radius 2 is 1.80 bits per heavy atom. The lowest BCUT2D eigenvalue weighted by Gasteiger charge is -2.33. The van der Waals surface area contributed by atoms with E-state index in [-0.39, 0.29) is 16.4 Å². The van der Waals surface area contributed by atoms with E-state index in [0.717, 1.165) is 17.5 Å². The fraction of sp³-hybridized carbons (Fsp3) is 0.444. The van der Waals surface area contributed by atoms with Crippen LogP contribution in [0.15, 0.2) is 23.8 Å². The van der Waals surface area contributed by atoms with E-state index in [9.17, 15) is 0 Å². The second kappa shape index (κ2) is 5.93. The number of hydrogen-bond donors (Lipinski definition) is 0. The molecule has 0 unspecified atom stereocenters. The Morgan fingerprint density at radius 1 is 1.20 bits per heavy atom. The summed E-state index contributed by atoms with van der Waals surface area (Å²) in [5, 5.41) is 17.6. The van der Waals surface area contributed by atoms with Crippen LogP contribution in [0.4, 0.5) is 0 Å². The van der Waals surface area contributed by atoms with Crippen molar-refractivity contribution in [3.63, 3.8) is 0 Å². The zero-order chi connectivity index (χ0) is 15.4. The molecule has 0 aromatic heterocycles. The molecule has 2 heteroatoms. The molecule has 0 spiro atoms. The van der Waals surface area contributed by atoms with Crippen molar-refractivity contribution in [3.8, 4) is 12.1 Å². The van der Waals surface area contributed by atoms with Gasteiger partial charge in [0.2, 0.25) is 0 Å². The number of rotatable bonds is 3. The van der Waals surface area contributed by atoms with Crippen LogP contribution < -0.4 is 0 Å². The van der Waals surface area contributed by atoms with E-state index in [1.807, 2.05) is 30.3 Å². The average Bonchev–Trinajstić information content (AvgIpc) is 2.33. The summed E-state index contributed by atoms with van der Waals surface area (Å²) in [6.07, 6.45) is 2.65. The standard InChI is InChI=1S/C18H21N2/c1-17(2,3)13-18(4,5)16-8-6-7-14(10-16)9-15(11-19)12-20/h6-7,9-10H,13H2,1-5H3. The first-order valence-electron chi connectivity index (χ1n) is 6.72. The number of nitriles is 2. The van der Waals surface area contributed by atoms with Gasteiger partial charge in [0.25, 0.3) is 0 Å². The van der Waals surface area contributed by atoms with Crippen LogP contribution in [0.1, 0.15) is 52.2 Å². The van der Waals surface area contributed by atoms with E-state index in [0.29, 0.717) is 0 Å². The Morgan fingerprint density at radius 3 is 2.30 bits per heavy atom. The predicted molar refractivity (Wildman–Crippen MR) is 81.6 cm³/mol. The number of benzene rings is 1. The van der Waals surface area contributed by atoms with Crippen molar-refractivity contribution in [2.45, 2.75) is 46.5 Å². The van der Waals surface area contributed by atoms with Gasteiger partial charge >= 0.3 is 0 Å². The maximum atomic E-state index is 8.82. The van der Waals surface area contributed by atoms with Crippen molar-refractivity contribution in [2.24, 2.45) is 5.41 Å². The van der Waals surface area contributed by atoms with Crippen LogP contribution in [0.2, 0.25) is 0 Å². The van der Waals surface area contributed by atoms with Crippen molar-refractivity contribution < 1.29 is 0 Å². The van der Waals surface area contributed by atoms with Crippen LogP contribution in [-0.2, 0) is 5.41 Å². The molecule has 0 saturated heterocycles. The normalized spacial score (nSPS) is 11.3. The minimum Gasteiger partial charge on any atom is -0.192 e. The van der Waals surface area contributed by atoms with Crippen molar-refractivity contribution >= 4 is 6.08 Å². The molecule has 0 bridgehead atoms. The molecule has 0 aliphatic rings. The Labute approximate surface area is 122 Å². The molecule has 1 rings (SSSR count). The maximum Gasteiger partial charge on any atom is 0.130 e. The van der Waals surface area contributed by atoms with E-state index in [4.69, 9.17) is 10.5 Å². The molecule has 0 N–H and O–H groups in total. The van der Waals surface area contributed by atoms with Crippen LogP contribution in [0, 0.1) is 34.1 Å². The lowest BCUT2D eigenvalue weighted by molar-refractivity contribution is 0.284. The summed E-state index contributed by atoms with van der Waals surface area (Å²) in [6.45, 7) is 11.1. The largest absolute Gasteiger partial charge is 0.192 e. The summed E-state index contributed by atoms with van der Waals surface area (Å²) in [6, 6.07) is 12.8. The smallest absolute Gasteiger partial charge is 0.130 e. The lowest BCUT2D eigenvalue weighted by Crippen LogP contribution is -2.24. The molecule has 1 radical (unpaired) electrons. The molecule has 0 atom stereocenters. The van der Waals surface area contributed by atoms with Crippen molar-refractivity contribution in [3.05, 3.63) is 41.0 Å². The summed E-state index contributed by atoms with van der Waals surface area (Å²) in [7, 11) is 0. The fourth-order valence-electron chi connectivity index (χ4n) is 2.64. The Kier molecular flexibility index (Phi) is 4.74. The molecule has 0 aliphatic carbocycles. The second-order valence-electron chi connectivity index (χ2n) is 6.94. The van der Waals surface area contributed by atoms with Gasteiger partial charge in [0.15, 0.2) is 0 Å². The summed E-state index contributed by atoms with van der Waals surface area (Å²) < 4.78 is 0. The monoisotopic (exact) mass is 265 g/mol. The molecule has 0 heterocycles. The first-order chi connectivity index (χ1) is 9.18. The Balaban J connectivity index is 3.15. The number of hydrogen-bond acceptors (Lipinski definition) is 2. The summed E-state index contributed by atoms with van der Waals surface area (Å²) in [5.41, 5.74) is 2.33. The molecular formula is C18H21N2. The van der Waals surface area contributed by atoms with Gasteiger partial charge in [0, 0.05) is 0 Å². The van der Waals surface area contributed by atoms with E-state index in [1.165, 1.54) is 0 Å². The molecule has 0 saturated carbocycles. The summed E-state index contributed by atoms with van der Waals surface area (Å²) in [4.78, 5) is 0. The van der Waals surface area contributed by atoms with Gasteiger partial charge in [-0.25, -0.2) is 0 Å². The first kappa shape index (κ1) is 16.0. The van der Waals surface area contributed by atoms with Gasteiger partial charge in [-0.2, -0.15) is 10.5 Å². The van der Waals surface area contributed by atoms with E-state index in [2.05, 4.69) is 40.7 Å². The predicted octanol–water partition coefficient (Wildman–Crippen LogP) is 4.63. The van der Waals surface area contributed by atoms with E-state index >= 15 is 0 Å². The maximum absolute atomic E-state index is 8.82. The third kappa shape index (κ3) is 4.56. The highest BCUT2D eigenvalue weighted by molar-refractivity contribution is 5.62. The zero-order valence-corrected chi connectivity index (χ0v) is 12.9. The van der Waals surface area contributed by atoms with E-state index < -0.39 is 0 Å². The Hall–Kier alpha value is -2.06. The molecule has 0 amide bonds. The van der Waals surface area contributed by atoms with Gasteiger partial charge < -0.3 is 0 Å². The van der Waals surface area contributed by atoms with Gasteiger partial charge in [-0.15, -0.1) is 0 Å². The van der Waals surface area contributed by atoms with Crippen molar-refractivity contribution in [2.75, 3.05) is 0 Å². The van der Waals surface area contributed by atoms with Crippen LogP contribution in [0.5, 0.6) is 0 Å². The third-order valence-electron chi connectivity index (χ3n) is 3.08. The van der Waals surface area contributed by atoms with Crippen LogP contribution in [0.25, 0.3) is 6.08 Å². The fourth-order valence-corrected chi connectivity index (χ4v) is 2.64. The van der Waals surface area contributed by atoms with Gasteiger partial charge in [0.1, 0.15) is 17.7 Å². The molecular weight excluding hydrogens is 244 g/mol. The first-order valence-corrected chi connectivity index (χ1v) is 6.72. The van der Waals surface area contributed by atoms with Gasteiger partial charge in [-0.3, -0.25) is 0 Å². The molecule has 0 fully saturated rings. The summed E-state index contributed by atoms with van der Waals surface area (Å²) >= 11 is 0. The zero-order valence-electron chi connectivity index (χ0n) is 12.9. The van der Waals surface area contributed by atoms with Crippen LogP contribution >= 0.6 is 0 Å². The van der Waals surface area contributed by atoms with Crippen molar-refractivity contribution in [1.82, 2.24) is 0 Å². The van der Waals surface area contributed by atoms with Crippen molar-refractivity contribution in [1.29, 1.82) is 10.5 Å². The minimum atomic E-state index is 0.00154. The van der Waals surface area contributed by atoms with Crippen LogP contribution in [0.3, 0.4) is 0 Å². The Bertz CT molecular complexity index is 571. The molecule has 0 aliphatic heterocycles. The van der Waals surface area contributed by atoms with E-state index in [1.54, 1.807) is 6.08 Å². The SMILES string of the molecule is CC(C)(C)CC(C)(C)c1[c]ccc(C=C(C#N)C#N)c1.